The van der Waals surface area contributed by atoms with Gasteiger partial charge in [-0.15, -0.1) is 0 Å². The lowest BCUT2D eigenvalue weighted by molar-refractivity contribution is -0.125. The van der Waals surface area contributed by atoms with Gasteiger partial charge in [0, 0.05) is 6.92 Å². The summed E-state index contributed by atoms with van der Waals surface area (Å²) >= 11 is -2.67. The second-order valence-corrected chi connectivity index (χ2v) is 2.23. The van der Waals surface area contributed by atoms with E-state index in [2.05, 4.69) is 18.1 Å². The predicted octanol–water partition coefficient (Wildman–Crippen LogP) is 0.264. The van der Waals surface area contributed by atoms with Gasteiger partial charge < -0.3 is 4.55 Å². The molecule has 0 aliphatic heterocycles. The van der Waals surface area contributed by atoms with Crippen molar-refractivity contribution < 1.29 is 17.8 Å². The summed E-state index contributed by atoms with van der Waals surface area (Å²) in [6.07, 6.45) is 1.25. The minimum atomic E-state index is -2.67. The molecule has 5 nitrogen and oxygen atoms in total. The van der Waals surface area contributed by atoms with Gasteiger partial charge in [0.05, 0.1) is 0 Å². The third-order valence-electron chi connectivity index (χ3n) is 0.253. The molecule has 0 aliphatic carbocycles. The lowest BCUT2D eigenvalue weighted by atomic mass is 10.6. The van der Waals surface area contributed by atoms with Crippen LogP contribution in [-0.4, -0.2) is 14.7 Å². The molecule has 68 valence electrons. The minimum Gasteiger partial charge on any atom is -0.748 e. The van der Waals surface area contributed by atoms with Crippen LogP contribution in [0.25, 0.3) is 0 Å². The quantitative estimate of drug-likeness (QED) is 0.491. The number of amides is 1. The summed E-state index contributed by atoms with van der Waals surface area (Å²) in [4.78, 5) is 9.84. The Morgan fingerprint density at radius 1 is 1.64 bits per heavy atom. The molecule has 0 aromatic rings. The smallest absolute Gasteiger partial charge is 0.241 e. The fourth-order valence-corrected chi connectivity index (χ4v) is 0.278. The van der Waals surface area contributed by atoms with Crippen LogP contribution in [0.15, 0.2) is 0 Å². The zero-order chi connectivity index (χ0) is 9.28. The van der Waals surface area contributed by atoms with Crippen LogP contribution < -0.4 is 5.48 Å². The van der Waals surface area contributed by atoms with E-state index in [1.807, 2.05) is 0 Å². The van der Waals surface area contributed by atoms with Crippen LogP contribution in [0, 0.1) is 0 Å². The van der Waals surface area contributed by atoms with Crippen molar-refractivity contribution in [2.24, 2.45) is 0 Å². The lowest BCUT2D eigenvalue weighted by Crippen LogP contribution is -2.21. The molecular formula is C5H12NO4S-. The molecule has 0 rings (SSSR count). The molecule has 0 aliphatic rings. The Kier molecular flexibility index (Phi) is 11.4. The summed E-state index contributed by atoms with van der Waals surface area (Å²) in [5.41, 5.74) is 1.59. The molecule has 0 bridgehead atoms. The molecule has 0 radical (unpaired) electrons. The van der Waals surface area contributed by atoms with Crippen LogP contribution >= 0.6 is 0 Å². The summed E-state index contributed by atoms with van der Waals surface area (Å²) in [6.45, 7) is 5.38. The zero-order valence-electron chi connectivity index (χ0n) is 6.75. The van der Waals surface area contributed by atoms with E-state index in [0.717, 1.165) is 6.92 Å². The van der Waals surface area contributed by atoms with Gasteiger partial charge in [-0.2, -0.15) is 4.28 Å². The Morgan fingerprint density at radius 2 is 2.00 bits per heavy atom. The molecule has 0 spiro atoms. The molecule has 11 heavy (non-hydrogen) atoms. The average Bonchev–Trinajstić information content (AvgIpc) is 1.85. The number of hydrogen-bond donors (Lipinski definition) is 1. The molecule has 0 aromatic carbocycles. The number of hydroxylamine groups is 1. The molecule has 0 aromatic heterocycles. The Labute approximate surface area is 68.6 Å². The van der Waals surface area contributed by atoms with Crippen molar-refractivity contribution in [2.45, 2.75) is 27.2 Å². The first-order valence-corrected chi connectivity index (χ1v) is 4.07. The Hall–Kier alpha value is -0.460. The van der Waals surface area contributed by atoms with Crippen LogP contribution in [0.4, 0.5) is 0 Å². The predicted molar refractivity (Wildman–Crippen MR) is 39.8 cm³/mol. The van der Waals surface area contributed by atoms with Crippen LogP contribution in [0.5, 0.6) is 0 Å². The first-order valence-electron chi connectivity index (χ1n) is 3.07. The van der Waals surface area contributed by atoms with Gasteiger partial charge in [-0.25, -0.2) is 9.69 Å². The van der Waals surface area contributed by atoms with E-state index >= 15 is 0 Å². The topological polar surface area (TPSA) is 78.5 Å². The van der Waals surface area contributed by atoms with Crippen molar-refractivity contribution in [3.63, 3.8) is 0 Å². The highest BCUT2D eigenvalue weighted by atomic mass is 32.2. The van der Waals surface area contributed by atoms with Gasteiger partial charge in [-0.3, -0.25) is 4.79 Å². The van der Waals surface area contributed by atoms with Gasteiger partial charge in [0.15, 0.2) is 0 Å². The van der Waals surface area contributed by atoms with E-state index in [0.29, 0.717) is 0 Å². The first-order chi connectivity index (χ1) is 5.04. The van der Waals surface area contributed by atoms with Crippen LogP contribution in [-0.2, 0) is 20.4 Å². The zero-order valence-corrected chi connectivity index (χ0v) is 7.56. The number of rotatable bonds is 2. The van der Waals surface area contributed by atoms with Gasteiger partial charge in [0.25, 0.3) is 0 Å². The lowest BCUT2D eigenvalue weighted by Gasteiger charge is -2.02. The van der Waals surface area contributed by atoms with Gasteiger partial charge in [0.1, 0.15) is 11.4 Å². The third-order valence-corrected chi connectivity index (χ3v) is 0.473. The van der Waals surface area contributed by atoms with Gasteiger partial charge in [-0.1, -0.05) is 20.3 Å². The second-order valence-electron chi connectivity index (χ2n) is 1.65. The van der Waals surface area contributed by atoms with E-state index in [1.54, 1.807) is 5.48 Å². The highest BCUT2D eigenvalue weighted by Gasteiger charge is 1.86. The maximum atomic E-state index is 9.84. The van der Waals surface area contributed by atoms with E-state index in [4.69, 9.17) is 0 Å². The van der Waals surface area contributed by atoms with Crippen LogP contribution in [0.1, 0.15) is 27.2 Å². The molecule has 0 saturated carbocycles. The molecule has 6 heteroatoms. The fraction of sp³-hybridized carbons (Fsp3) is 0.800. The summed E-state index contributed by atoms with van der Waals surface area (Å²) in [6, 6.07) is 0. The van der Waals surface area contributed by atoms with Crippen molar-refractivity contribution in [1.29, 1.82) is 0 Å². The molecule has 0 fully saturated rings. The van der Waals surface area contributed by atoms with Gasteiger partial charge in [-0.05, 0) is 0 Å². The Balaban J connectivity index is 0. The Bertz CT molecular complexity index is 114. The number of nitrogens with one attached hydrogen (secondary N) is 1. The number of carbonyl (C=O) groups excluding carboxylic acids is 1. The SMILES string of the molecule is CC(=O)NOS(=O)[O-].CCC. The average molecular weight is 182 g/mol. The van der Waals surface area contributed by atoms with E-state index in [9.17, 15) is 13.6 Å². The summed E-state index contributed by atoms with van der Waals surface area (Å²) in [5, 5.41) is 0. The molecule has 0 heterocycles. The van der Waals surface area contributed by atoms with Crippen molar-refractivity contribution in [3.8, 4) is 0 Å². The van der Waals surface area contributed by atoms with E-state index < -0.39 is 17.3 Å². The fourth-order valence-electron chi connectivity index (χ4n) is 0.0927. The normalized spacial score (nSPS) is 10.9. The number of hydrogen-bond acceptors (Lipinski definition) is 4. The third kappa shape index (κ3) is 26.3. The summed E-state index contributed by atoms with van der Waals surface area (Å²) in [7, 11) is 0. The van der Waals surface area contributed by atoms with E-state index in [1.165, 1.54) is 6.42 Å². The number of carbonyl (C=O) groups is 1. The van der Waals surface area contributed by atoms with Crippen molar-refractivity contribution >= 4 is 17.3 Å². The molecule has 1 atom stereocenters. The monoisotopic (exact) mass is 182 g/mol. The molecule has 1 unspecified atom stereocenters. The molecule has 1 amide bonds. The van der Waals surface area contributed by atoms with Crippen molar-refractivity contribution in [2.75, 3.05) is 0 Å². The molecule has 0 saturated heterocycles. The highest BCUT2D eigenvalue weighted by Crippen LogP contribution is 1.69. The van der Waals surface area contributed by atoms with E-state index in [-0.39, 0.29) is 0 Å². The molecular weight excluding hydrogens is 170 g/mol. The van der Waals surface area contributed by atoms with Gasteiger partial charge in [0.2, 0.25) is 5.91 Å². The highest BCUT2D eigenvalue weighted by molar-refractivity contribution is 7.74. The van der Waals surface area contributed by atoms with Gasteiger partial charge >= 0.3 is 0 Å². The second kappa shape index (κ2) is 9.54. The largest absolute Gasteiger partial charge is 0.748 e. The Morgan fingerprint density at radius 3 is 2.09 bits per heavy atom. The maximum absolute atomic E-state index is 9.84. The standard InChI is InChI=1S/C3H8.C2H5NO4S/c1-3-2;1-2(4)3-7-8(5)6/h3H2,1-2H3;1H3,(H,3,4)(H,5,6)/p-1. The van der Waals surface area contributed by atoms with Crippen LogP contribution in [0.3, 0.4) is 0 Å². The summed E-state index contributed by atoms with van der Waals surface area (Å²) in [5.74, 6) is -0.561. The van der Waals surface area contributed by atoms with Crippen LogP contribution in [0.2, 0.25) is 0 Å². The molecule has 1 N–H and O–H groups in total. The van der Waals surface area contributed by atoms with Crippen molar-refractivity contribution in [1.82, 2.24) is 5.48 Å². The first kappa shape index (κ1) is 13.2. The van der Waals surface area contributed by atoms with Crippen molar-refractivity contribution in [3.05, 3.63) is 0 Å². The minimum absolute atomic E-state index is 0.561. The summed E-state index contributed by atoms with van der Waals surface area (Å²) < 4.78 is 22.6. The maximum Gasteiger partial charge on any atom is 0.241 e.